The maximum Gasteiger partial charge on any atom is 0.135 e. The fraction of sp³-hybridized carbons (Fsp3) is 0.0545. The first-order valence-electron chi connectivity index (χ1n) is 19.8. The molecule has 270 valence electrons. The minimum Gasteiger partial charge on any atom is -0.456 e. The average Bonchev–Trinajstić information content (AvgIpc) is 3.75. The Kier molecular flexibility index (Phi) is 7.55. The Labute approximate surface area is 332 Å². The molecular weight excluding hydrogens is 691 g/mol. The van der Waals surface area contributed by atoms with Crippen molar-refractivity contribution in [2.45, 2.75) is 19.3 Å². The van der Waals surface area contributed by atoms with Gasteiger partial charge >= 0.3 is 0 Å². The molecule has 11 rings (SSSR count). The Morgan fingerprint density at radius 1 is 0.368 bits per heavy atom. The van der Waals surface area contributed by atoms with Crippen LogP contribution in [0.4, 0.5) is 17.1 Å². The van der Waals surface area contributed by atoms with Crippen LogP contribution in [-0.2, 0) is 5.41 Å². The summed E-state index contributed by atoms with van der Waals surface area (Å²) in [6, 6.07) is 72.7. The van der Waals surface area contributed by atoms with E-state index in [1.54, 1.807) is 0 Å². The number of furan rings is 1. The number of nitrogens with zero attached hydrogens (tertiary/aromatic N) is 1. The molecule has 9 aromatic carbocycles. The summed E-state index contributed by atoms with van der Waals surface area (Å²) in [4.78, 5) is 2.37. The van der Waals surface area contributed by atoms with Gasteiger partial charge in [0, 0.05) is 33.2 Å². The average molecular weight is 730 g/mol. The summed E-state index contributed by atoms with van der Waals surface area (Å²) in [5.74, 6) is 0. The second-order valence-corrected chi connectivity index (χ2v) is 15.7. The van der Waals surface area contributed by atoms with Crippen molar-refractivity contribution in [1.29, 1.82) is 0 Å². The van der Waals surface area contributed by atoms with Crippen LogP contribution < -0.4 is 4.90 Å². The van der Waals surface area contributed by atoms with E-state index in [4.69, 9.17) is 4.42 Å². The molecule has 57 heavy (non-hydrogen) atoms. The second kappa shape index (κ2) is 13.0. The van der Waals surface area contributed by atoms with E-state index in [2.05, 4.69) is 207 Å². The summed E-state index contributed by atoms with van der Waals surface area (Å²) in [7, 11) is 0. The van der Waals surface area contributed by atoms with Gasteiger partial charge in [-0.05, 0) is 121 Å². The molecule has 0 N–H and O–H groups in total. The number of hydrogen-bond acceptors (Lipinski definition) is 2. The summed E-state index contributed by atoms with van der Waals surface area (Å²) < 4.78 is 6.27. The van der Waals surface area contributed by atoms with Crippen LogP contribution in [0.1, 0.15) is 25.0 Å². The highest BCUT2D eigenvalue weighted by Crippen LogP contribution is 2.52. The zero-order chi connectivity index (χ0) is 38.1. The molecule has 1 heterocycles. The summed E-state index contributed by atoms with van der Waals surface area (Å²) in [6.07, 6.45) is 0. The molecule has 0 amide bonds. The Bertz CT molecular complexity index is 3160. The molecule has 0 atom stereocenters. The largest absolute Gasteiger partial charge is 0.456 e. The normalized spacial score (nSPS) is 12.9. The fourth-order valence-corrected chi connectivity index (χ4v) is 9.35. The van der Waals surface area contributed by atoms with Crippen molar-refractivity contribution in [3.8, 4) is 44.5 Å². The highest BCUT2D eigenvalue weighted by Gasteiger charge is 2.37. The van der Waals surface area contributed by atoms with Crippen LogP contribution in [0, 0.1) is 0 Å². The van der Waals surface area contributed by atoms with Crippen molar-refractivity contribution < 1.29 is 4.42 Å². The second-order valence-electron chi connectivity index (χ2n) is 15.7. The van der Waals surface area contributed by atoms with E-state index in [1.165, 1.54) is 60.8 Å². The Morgan fingerprint density at radius 2 is 0.965 bits per heavy atom. The summed E-state index contributed by atoms with van der Waals surface area (Å²) in [5.41, 5.74) is 17.7. The zero-order valence-corrected chi connectivity index (χ0v) is 31.9. The Morgan fingerprint density at radius 3 is 1.86 bits per heavy atom. The van der Waals surface area contributed by atoms with Gasteiger partial charge in [0.2, 0.25) is 0 Å². The summed E-state index contributed by atoms with van der Waals surface area (Å²) >= 11 is 0. The first-order chi connectivity index (χ1) is 28.0. The maximum absolute atomic E-state index is 6.27. The van der Waals surface area contributed by atoms with Crippen LogP contribution in [0.25, 0.3) is 77.2 Å². The number of para-hydroxylation sites is 1. The standard InChI is InChI=1S/C55H39NO/c1-55(2)51-25-7-5-20-47(51)49-24-12-23-46(54(49)55)37-27-29-41(30-28-37)56(43-31-32-53-50(35-43)48-21-6-8-26-52(48)57-53)42-18-10-16-39(34-42)38-15-9-17-40(33-38)45-22-11-14-36-13-3-4-19-44(36)45/h3-35H,1-2H3. The van der Waals surface area contributed by atoms with Gasteiger partial charge in [0.1, 0.15) is 11.2 Å². The monoisotopic (exact) mass is 729 g/mol. The predicted octanol–water partition coefficient (Wildman–Crippen LogP) is 15.5. The molecule has 1 aromatic heterocycles. The topological polar surface area (TPSA) is 16.4 Å². The predicted molar refractivity (Wildman–Crippen MR) is 240 cm³/mol. The highest BCUT2D eigenvalue weighted by molar-refractivity contribution is 6.06. The molecule has 1 aliphatic rings. The lowest BCUT2D eigenvalue weighted by atomic mass is 9.79. The first-order valence-corrected chi connectivity index (χ1v) is 19.8. The van der Waals surface area contributed by atoms with Gasteiger partial charge in [0.15, 0.2) is 0 Å². The van der Waals surface area contributed by atoms with Crippen LogP contribution in [-0.4, -0.2) is 0 Å². The highest BCUT2D eigenvalue weighted by atomic mass is 16.3. The third-order valence-corrected chi connectivity index (χ3v) is 12.0. The molecule has 0 spiro atoms. The van der Waals surface area contributed by atoms with E-state index in [1.807, 2.05) is 12.1 Å². The molecule has 0 radical (unpaired) electrons. The van der Waals surface area contributed by atoms with Crippen LogP contribution in [0.3, 0.4) is 0 Å². The molecule has 0 saturated heterocycles. The van der Waals surface area contributed by atoms with Crippen LogP contribution in [0.2, 0.25) is 0 Å². The third kappa shape index (κ3) is 5.40. The molecule has 1 aliphatic carbocycles. The van der Waals surface area contributed by atoms with Crippen molar-refractivity contribution in [2.75, 3.05) is 4.90 Å². The van der Waals surface area contributed by atoms with E-state index >= 15 is 0 Å². The van der Waals surface area contributed by atoms with Gasteiger partial charge in [0.05, 0.1) is 0 Å². The number of hydrogen-bond donors (Lipinski definition) is 0. The van der Waals surface area contributed by atoms with Gasteiger partial charge in [-0.2, -0.15) is 0 Å². The molecule has 10 aromatic rings. The van der Waals surface area contributed by atoms with Crippen molar-refractivity contribution in [2.24, 2.45) is 0 Å². The lowest BCUT2D eigenvalue weighted by Crippen LogP contribution is -2.16. The Hall–Kier alpha value is -7.16. The van der Waals surface area contributed by atoms with Crippen molar-refractivity contribution >= 4 is 49.8 Å². The lowest BCUT2D eigenvalue weighted by molar-refractivity contribution is 0.662. The van der Waals surface area contributed by atoms with Gasteiger partial charge in [-0.3, -0.25) is 0 Å². The van der Waals surface area contributed by atoms with Crippen LogP contribution in [0.15, 0.2) is 205 Å². The summed E-state index contributed by atoms with van der Waals surface area (Å²) in [6.45, 7) is 4.72. The van der Waals surface area contributed by atoms with Gasteiger partial charge < -0.3 is 9.32 Å². The van der Waals surface area contributed by atoms with Crippen molar-refractivity contribution in [3.05, 3.63) is 211 Å². The van der Waals surface area contributed by atoms with E-state index in [0.717, 1.165) is 44.6 Å². The van der Waals surface area contributed by atoms with Crippen LogP contribution >= 0.6 is 0 Å². The van der Waals surface area contributed by atoms with E-state index in [9.17, 15) is 0 Å². The summed E-state index contributed by atoms with van der Waals surface area (Å²) in [5, 5.41) is 4.73. The van der Waals surface area contributed by atoms with Gasteiger partial charge in [-0.25, -0.2) is 0 Å². The minimum absolute atomic E-state index is 0.0959. The number of anilines is 3. The number of rotatable bonds is 6. The van der Waals surface area contributed by atoms with E-state index < -0.39 is 0 Å². The van der Waals surface area contributed by atoms with Crippen molar-refractivity contribution in [1.82, 2.24) is 0 Å². The van der Waals surface area contributed by atoms with E-state index in [-0.39, 0.29) is 5.41 Å². The SMILES string of the molecule is CC1(C)c2ccccc2-c2cccc(-c3ccc(N(c4cccc(-c5cccc(-c6cccc7ccccc67)c5)c4)c4ccc5oc6ccccc6c5c4)cc3)c21. The Balaban J connectivity index is 1.03. The van der Waals surface area contributed by atoms with Gasteiger partial charge in [-0.1, -0.05) is 159 Å². The molecule has 0 fully saturated rings. The number of benzene rings is 9. The van der Waals surface area contributed by atoms with E-state index in [0.29, 0.717) is 0 Å². The zero-order valence-electron chi connectivity index (χ0n) is 31.9. The third-order valence-electron chi connectivity index (χ3n) is 12.0. The molecule has 0 unspecified atom stereocenters. The lowest BCUT2D eigenvalue weighted by Gasteiger charge is -2.27. The smallest absolute Gasteiger partial charge is 0.135 e. The quantitative estimate of drug-likeness (QED) is 0.169. The maximum atomic E-state index is 6.27. The molecule has 0 saturated carbocycles. The minimum atomic E-state index is -0.0959. The fourth-order valence-electron chi connectivity index (χ4n) is 9.35. The molecule has 2 heteroatoms. The van der Waals surface area contributed by atoms with Crippen LogP contribution in [0.5, 0.6) is 0 Å². The van der Waals surface area contributed by atoms with Gasteiger partial charge in [-0.15, -0.1) is 0 Å². The first kappa shape index (κ1) is 33.2. The molecule has 0 bridgehead atoms. The number of fused-ring (bicyclic) bond motifs is 7. The molecule has 2 nitrogen and oxygen atoms in total. The van der Waals surface area contributed by atoms with Gasteiger partial charge in [0.25, 0.3) is 0 Å². The van der Waals surface area contributed by atoms with Crippen molar-refractivity contribution in [3.63, 3.8) is 0 Å². The molecular formula is C55H39NO. The molecule has 0 aliphatic heterocycles.